The number of aromatic nitrogens is 1. The fourth-order valence-electron chi connectivity index (χ4n) is 2.41. The van der Waals surface area contributed by atoms with Crippen LogP contribution in [0.3, 0.4) is 0 Å². The Morgan fingerprint density at radius 1 is 0.962 bits per heavy atom. The highest BCUT2D eigenvalue weighted by molar-refractivity contribution is 7.14. The number of halogens is 1. The second-order valence-electron chi connectivity index (χ2n) is 5.48. The van der Waals surface area contributed by atoms with Gasteiger partial charge < -0.3 is 4.42 Å². The Labute approximate surface area is 159 Å². The molecule has 0 fully saturated rings. The average molecular weight is 380 g/mol. The van der Waals surface area contributed by atoms with Gasteiger partial charge in [0, 0.05) is 21.5 Å². The summed E-state index contributed by atoms with van der Waals surface area (Å²) in [5, 5.41) is 7.62. The van der Waals surface area contributed by atoms with Gasteiger partial charge in [-0.3, -0.25) is 5.43 Å². The molecule has 6 heteroatoms. The first-order chi connectivity index (χ1) is 12.8. The number of nitrogens with one attached hydrogen (secondary N) is 1. The molecule has 4 aromatic rings. The van der Waals surface area contributed by atoms with Crippen LogP contribution in [0.5, 0.6) is 0 Å². The van der Waals surface area contributed by atoms with E-state index in [4.69, 9.17) is 16.0 Å². The van der Waals surface area contributed by atoms with Crippen LogP contribution in [0.15, 0.2) is 81.6 Å². The van der Waals surface area contributed by atoms with E-state index in [1.807, 2.05) is 72.1 Å². The van der Waals surface area contributed by atoms with Gasteiger partial charge in [0.2, 0.25) is 5.13 Å². The molecular weight excluding hydrogens is 366 g/mol. The maximum absolute atomic E-state index is 5.91. The highest BCUT2D eigenvalue weighted by Gasteiger charge is 2.05. The predicted molar refractivity (Wildman–Crippen MR) is 108 cm³/mol. The van der Waals surface area contributed by atoms with E-state index in [1.165, 1.54) is 11.3 Å². The van der Waals surface area contributed by atoms with E-state index >= 15 is 0 Å². The highest BCUT2D eigenvalue weighted by Crippen LogP contribution is 2.25. The number of rotatable bonds is 5. The predicted octanol–water partition coefficient (Wildman–Crippen LogP) is 6.17. The molecule has 26 heavy (non-hydrogen) atoms. The first kappa shape index (κ1) is 16.6. The molecule has 0 spiro atoms. The van der Waals surface area contributed by atoms with Crippen LogP contribution >= 0.6 is 22.9 Å². The summed E-state index contributed by atoms with van der Waals surface area (Å²) >= 11 is 7.41. The summed E-state index contributed by atoms with van der Waals surface area (Å²) in [6.07, 6.45) is 1.63. The molecule has 0 saturated carbocycles. The zero-order chi connectivity index (χ0) is 17.8. The maximum Gasteiger partial charge on any atom is 0.203 e. The molecule has 0 atom stereocenters. The van der Waals surface area contributed by atoms with Gasteiger partial charge in [0.05, 0.1) is 11.9 Å². The van der Waals surface area contributed by atoms with Crippen LogP contribution in [-0.2, 0) is 0 Å². The fraction of sp³-hybridized carbons (Fsp3) is 0. The summed E-state index contributed by atoms with van der Waals surface area (Å²) < 4.78 is 5.77. The number of hydrazone groups is 1. The van der Waals surface area contributed by atoms with E-state index in [0.29, 0.717) is 10.8 Å². The second-order valence-corrected chi connectivity index (χ2v) is 6.78. The molecule has 0 aliphatic heterocycles. The summed E-state index contributed by atoms with van der Waals surface area (Å²) in [5.41, 5.74) is 5.92. The van der Waals surface area contributed by atoms with E-state index in [1.54, 1.807) is 6.21 Å². The van der Waals surface area contributed by atoms with Crippen molar-refractivity contribution in [2.75, 3.05) is 5.43 Å². The van der Waals surface area contributed by atoms with Gasteiger partial charge in [-0.1, -0.05) is 41.9 Å². The Bertz CT molecular complexity index is 1020. The zero-order valence-electron chi connectivity index (χ0n) is 13.6. The quantitative estimate of drug-likeness (QED) is 0.333. The molecule has 0 unspecified atom stereocenters. The molecule has 128 valence electrons. The van der Waals surface area contributed by atoms with Crippen LogP contribution in [0.2, 0.25) is 5.02 Å². The zero-order valence-corrected chi connectivity index (χ0v) is 15.2. The van der Waals surface area contributed by atoms with E-state index in [0.717, 1.165) is 27.7 Å². The molecule has 4 rings (SSSR count). The molecule has 1 N–H and O–H groups in total. The van der Waals surface area contributed by atoms with Gasteiger partial charge in [-0.15, -0.1) is 11.3 Å². The fourth-order valence-corrected chi connectivity index (χ4v) is 3.20. The highest BCUT2D eigenvalue weighted by atomic mass is 35.5. The summed E-state index contributed by atoms with van der Waals surface area (Å²) in [6.45, 7) is 0. The largest absolute Gasteiger partial charge is 0.455 e. The number of benzene rings is 2. The van der Waals surface area contributed by atoms with Gasteiger partial charge in [0.15, 0.2) is 0 Å². The molecule has 0 aliphatic rings. The van der Waals surface area contributed by atoms with E-state index in [9.17, 15) is 0 Å². The topological polar surface area (TPSA) is 50.4 Å². The molecule has 0 aliphatic carbocycles. The van der Waals surface area contributed by atoms with Crippen LogP contribution < -0.4 is 5.43 Å². The van der Waals surface area contributed by atoms with Crippen LogP contribution in [-0.4, -0.2) is 11.2 Å². The third kappa shape index (κ3) is 3.85. The normalized spacial score (nSPS) is 11.1. The molecule has 4 nitrogen and oxygen atoms in total. The van der Waals surface area contributed by atoms with E-state index in [-0.39, 0.29) is 0 Å². The Hall–Kier alpha value is -2.89. The Morgan fingerprint density at radius 3 is 2.58 bits per heavy atom. The number of anilines is 1. The number of hydrogen-bond donors (Lipinski definition) is 1. The van der Waals surface area contributed by atoms with Gasteiger partial charge in [-0.25, -0.2) is 4.98 Å². The molecule has 2 aromatic carbocycles. The minimum absolute atomic E-state index is 0.655. The van der Waals surface area contributed by atoms with Crippen molar-refractivity contribution in [1.29, 1.82) is 0 Å². The van der Waals surface area contributed by atoms with Crippen molar-refractivity contribution < 1.29 is 4.42 Å². The lowest BCUT2D eigenvalue weighted by Gasteiger charge is -1.96. The van der Waals surface area contributed by atoms with Gasteiger partial charge in [0.25, 0.3) is 0 Å². The smallest absolute Gasteiger partial charge is 0.203 e. The molecule has 0 saturated heterocycles. The van der Waals surface area contributed by atoms with Gasteiger partial charge in [0.1, 0.15) is 11.5 Å². The number of nitrogens with zero attached hydrogens (tertiary/aromatic N) is 2. The van der Waals surface area contributed by atoms with Crippen molar-refractivity contribution in [2.24, 2.45) is 5.10 Å². The lowest BCUT2D eigenvalue weighted by molar-refractivity contribution is 0.575. The van der Waals surface area contributed by atoms with E-state index in [2.05, 4.69) is 15.5 Å². The summed E-state index contributed by atoms with van der Waals surface area (Å²) in [7, 11) is 0. The first-order valence-corrected chi connectivity index (χ1v) is 9.19. The summed E-state index contributed by atoms with van der Waals surface area (Å²) in [5.74, 6) is 1.42. The first-order valence-electron chi connectivity index (χ1n) is 7.94. The minimum Gasteiger partial charge on any atom is -0.455 e. The standard InChI is InChI=1S/C20H14ClN3OS/c21-16-8-6-15(7-9-16)19-11-10-17(25-19)12-22-24-20-23-18(13-26-20)14-4-2-1-3-5-14/h1-13H,(H,23,24)/b22-12-. The van der Waals surface area contributed by atoms with Crippen molar-refractivity contribution >= 4 is 34.3 Å². The van der Waals surface area contributed by atoms with Crippen LogP contribution in [0.25, 0.3) is 22.6 Å². The maximum atomic E-state index is 5.91. The molecule has 0 amide bonds. The van der Waals surface area contributed by atoms with Crippen LogP contribution in [0, 0.1) is 0 Å². The van der Waals surface area contributed by atoms with Gasteiger partial charge in [-0.05, 0) is 36.4 Å². The van der Waals surface area contributed by atoms with Gasteiger partial charge >= 0.3 is 0 Å². The number of thiazole rings is 1. The molecular formula is C20H14ClN3OS. The van der Waals surface area contributed by atoms with Crippen LogP contribution in [0.1, 0.15) is 5.76 Å². The third-order valence-electron chi connectivity index (χ3n) is 3.68. The molecule has 2 aromatic heterocycles. The monoisotopic (exact) mass is 379 g/mol. The molecule has 0 radical (unpaired) electrons. The number of hydrogen-bond acceptors (Lipinski definition) is 5. The lowest BCUT2D eigenvalue weighted by Crippen LogP contribution is -1.89. The van der Waals surface area contributed by atoms with Crippen molar-refractivity contribution in [3.8, 4) is 22.6 Å². The van der Waals surface area contributed by atoms with Crippen LogP contribution in [0.4, 0.5) is 5.13 Å². The molecule has 0 bridgehead atoms. The molecule has 2 heterocycles. The Balaban J connectivity index is 1.42. The van der Waals surface area contributed by atoms with Gasteiger partial charge in [-0.2, -0.15) is 5.10 Å². The van der Waals surface area contributed by atoms with Crippen molar-refractivity contribution in [2.45, 2.75) is 0 Å². The van der Waals surface area contributed by atoms with Crippen molar-refractivity contribution in [3.05, 3.63) is 82.9 Å². The number of furan rings is 1. The lowest BCUT2D eigenvalue weighted by atomic mass is 10.2. The third-order valence-corrected chi connectivity index (χ3v) is 4.68. The van der Waals surface area contributed by atoms with E-state index < -0.39 is 0 Å². The Morgan fingerprint density at radius 2 is 1.77 bits per heavy atom. The summed E-state index contributed by atoms with van der Waals surface area (Å²) in [6, 6.07) is 21.3. The second kappa shape index (κ2) is 7.56. The van der Waals surface area contributed by atoms with Crippen molar-refractivity contribution in [1.82, 2.24) is 4.98 Å². The average Bonchev–Trinajstić information content (AvgIpc) is 3.33. The Kier molecular flexibility index (Phi) is 4.82. The SMILES string of the molecule is Clc1ccc(-c2ccc(/C=N\Nc3nc(-c4ccccc4)cs3)o2)cc1. The summed E-state index contributed by atoms with van der Waals surface area (Å²) in [4.78, 5) is 4.52. The van der Waals surface area contributed by atoms with Crippen molar-refractivity contribution in [3.63, 3.8) is 0 Å². The minimum atomic E-state index is 0.655.